The minimum absolute atomic E-state index is 0.389. The summed E-state index contributed by atoms with van der Waals surface area (Å²) in [4.78, 5) is 4.86. The molecule has 0 spiro atoms. The molecule has 102 valence electrons. The van der Waals surface area contributed by atoms with Gasteiger partial charge >= 0.3 is 0 Å². The van der Waals surface area contributed by atoms with Crippen molar-refractivity contribution in [2.75, 3.05) is 6.54 Å². The lowest BCUT2D eigenvalue weighted by molar-refractivity contribution is 0.224. The number of nitrogens with zero attached hydrogens (tertiary/aromatic N) is 1. The van der Waals surface area contributed by atoms with Crippen LogP contribution in [0.5, 0.6) is 0 Å². The highest BCUT2D eigenvalue weighted by atomic mass is 32.1. The first-order chi connectivity index (χ1) is 8.52. The predicted octanol–water partition coefficient (Wildman–Crippen LogP) is 4.50. The van der Waals surface area contributed by atoms with Crippen LogP contribution in [0.2, 0.25) is 0 Å². The molecule has 1 aromatic rings. The van der Waals surface area contributed by atoms with Gasteiger partial charge in [-0.3, -0.25) is 0 Å². The Kier molecular flexibility index (Phi) is 4.44. The lowest BCUT2D eigenvalue weighted by atomic mass is 9.73. The molecule has 1 aliphatic rings. The summed E-state index contributed by atoms with van der Waals surface area (Å²) in [6.07, 6.45) is 5.32. The minimum atomic E-state index is 0.389. The molecule has 1 fully saturated rings. The molecule has 1 atom stereocenters. The van der Waals surface area contributed by atoms with Gasteiger partial charge in [0.2, 0.25) is 0 Å². The van der Waals surface area contributed by atoms with Crippen LogP contribution in [-0.4, -0.2) is 11.5 Å². The zero-order chi connectivity index (χ0) is 13.2. The van der Waals surface area contributed by atoms with Gasteiger partial charge in [-0.2, -0.15) is 0 Å². The monoisotopic (exact) mass is 266 g/mol. The smallest absolute Gasteiger partial charge is 0.0959 e. The quantitative estimate of drug-likeness (QED) is 0.868. The van der Waals surface area contributed by atoms with Crippen LogP contribution in [-0.2, 0) is 0 Å². The fourth-order valence-electron chi connectivity index (χ4n) is 2.74. The molecular weight excluding hydrogens is 240 g/mol. The molecule has 0 aliphatic heterocycles. The number of thiazole rings is 1. The first-order valence-corrected chi connectivity index (χ1v) is 8.08. The Morgan fingerprint density at radius 3 is 2.72 bits per heavy atom. The van der Waals surface area contributed by atoms with Gasteiger partial charge in [0, 0.05) is 17.3 Å². The van der Waals surface area contributed by atoms with Gasteiger partial charge in [-0.05, 0) is 44.6 Å². The van der Waals surface area contributed by atoms with Gasteiger partial charge in [0.05, 0.1) is 10.7 Å². The number of rotatable bonds is 4. The molecule has 1 unspecified atom stereocenters. The molecule has 0 saturated heterocycles. The Labute approximate surface area is 115 Å². The van der Waals surface area contributed by atoms with Crippen molar-refractivity contribution in [1.29, 1.82) is 0 Å². The van der Waals surface area contributed by atoms with Gasteiger partial charge in [-0.25, -0.2) is 4.98 Å². The van der Waals surface area contributed by atoms with E-state index in [4.69, 9.17) is 4.98 Å². The molecule has 0 radical (unpaired) electrons. The second kappa shape index (κ2) is 5.70. The average Bonchev–Trinajstić information content (AvgIpc) is 2.79. The third-order valence-corrected chi connectivity index (χ3v) is 5.21. The van der Waals surface area contributed by atoms with E-state index in [0.29, 0.717) is 17.4 Å². The zero-order valence-electron chi connectivity index (χ0n) is 12.1. The van der Waals surface area contributed by atoms with Crippen LogP contribution in [0.15, 0.2) is 5.38 Å². The summed E-state index contributed by atoms with van der Waals surface area (Å²) in [6, 6.07) is 0.389. The van der Waals surface area contributed by atoms with Crippen LogP contribution in [0, 0.1) is 5.41 Å². The molecule has 1 N–H and O–H groups in total. The van der Waals surface area contributed by atoms with Gasteiger partial charge in [0.25, 0.3) is 0 Å². The third-order valence-electron chi connectivity index (χ3n) is 4.18. The molecule has 1 saturated carbocycles. The van der Waals surface area contributed by atoms with E-state index in [-0.39, 0.29) is 0 Å². The highest BCUT2D eigenvalue weighted by Crippen LogP contribution is 2.43. The van der Waals surface area contributed by atoms with E-state index in [0.717, 1.165) is 6.54 Å². The maximum Gasteiger partial charge on any atom is 0.0959 e. The molecule has 0 aromatic carbocycles. The summed E-state index contributed by atoms with van der Waals surface area (Å²) in [5.41, 5.74) is 1.77. The van der Waals surface area contributed by atoms with E-state index >= 15 is 0 Å². The van der Waals surface area contributed by atoms with Gasteiger partial charge in [0.1, 0.15) is 0 Å². The number of hydrogen-bond donors (Lipinski definition) is 1. The highest BCUT2D eigenvalue weighted by Gasteiger charge is 2.29. The molecule has 3 heteroatoms. The van der Waals surface area contributed by atoms with Gasteiger partial charge in [-0.15, -0.1) is 11.3 Å². The minimum Gasteiger partial charge on any atom is -0.309 e. The summed E-state index contributed by atoms with van der Waals surface area (Å²) >= 11 is 1.86. The van der Waals surface area contributed by atoms with Crippen molar-refractivity contribution in [3.8, 4) is 0 Å². The number of nitrogens with one attached hydrogen (secondary N) is 1. The molecule has 0 bridgehead atoms. The van der Waals surface area contributed by atoms with E-state index in [2.05, 4.69) is 38.4 Å². The zero-order valence-corrected chi connectivity index (χ0v) is 12.9. The number of aromatic nitrogens is 1. The van der Waals surface area contributed by atoms with Crippen LogP contribution in [0.3, 0.4) is 0 Å². The standard InChI is InChI=1S/C15H26N2S/c1-5-16-11(2)13-10-18-14(17-13)12-6-8-15(3,4)9-7-12/h10-12,16H,5-9H2,1-4H3. The van der Waals surface area contributed by atoms with Crippen molar-refractivity contribution >= 4 is 11.3 Å². The first kappa shape index (κ1) is 14.0. The summed E-state index contributed by atoms with van der Waals surface area (Å²) in [5, 5.41) is 7.04. The van der Waals surface area contributed by atoms with Crippen molar-refractivity contribution in [2.45, 2.75) is 65.3 Å². The highest BCUT2D eigenvalue weighted by molar-refractivity contribution is 7.09. The summed E-state index contributed by atoms with van der Waals surface area (Å²) in [5.74, 6) is 0.714. The second-order valence-electron chi connectivity index (χ2n) is 6.33. The van der Waals surface area contributed by atoms with Gasteiger partial charge < -0.3 is 5.32 Å². The topological polar surface area (TPSA) is 24.9 Å². The van der Waals surface area contributed by atoms with E-state index in [1.165, 1.54) is 36.4 Å². The SMILES string of the molecule is CCNC(C)c1csc(C2CCC(C)(C)CC2)n1. The molecule has 1 aliphatic carbocycles. The molecular formula is C15H26N2S. The predicted molar refractivity (Wildman–Crippen MR) is 79.2 cm³/mol. The van der Waals surface area contributed by atoms with Crippen molar-refractivity contribution in [3.63, 3.8) is 0 Å². The Morgan fingerprint density at radius 2 is 2.11 bits per heavy atom. The normalized spacial score (nSPS) is 22.0. The largest absolute Gasteiger partial charge is 0.309 e. The van der Waals surface area contributed by atoms with E-state index in [1.54, 1.807) is 0 Å². The Hall–Kier alpha value is -0.410. The van der Waals surface area contributed by atoms with Gasteiger partial charge in [0.15, 0.2) is 0 Å². The van der Waals surface area contributed by atoms with Crippen molar-refractivity contribution in [1.82, 2.24) is 10.3 Å². The van der Waals surface area contributed by atoms with Crippen molar-refractivity contribution in [2.24, 2.45) is 5.41 Å². The maximum atomic E-state index is 4.86. The van der Waals surface area contributed by atoms with Crippen LogP contribution in [0.4, 0.5) is 0 Å². The van der Waals surface area contributed by atoms with Crippen molar-refractivity contribution < 1.29 is 0 Å². The summed E-state index contributed by atoms with van der Waals surface area (Å²) in [7, 11) is 0. The lowest BCUT2D eigenvalue weighted by Gasteiger charge is -2.33. The Morgan fingerprint density at radius 1 is 1.44 bits per heavy atom. The van der Waals surface area contributed by atoms with Gasteiger partial charge in [-0.1, -0.05) is 20.8 Å². The Balaban J connectivity index is 1.98. The maximum absolute atomic E-state index is 4.86. The summed E-state index contributed by atoms with van der Waals surface area (Å²) < 4.78 is 0. The van der Waals surface area contributed by atoms with E-state index in [9.17, 15) is 0 Å². The fraction of sp³-hybridized carbons (Fsp3) is 0.800. The van der Waals surface area contributed by atoms with E-state index < -0.39 is 0 Å². The van der Waals surface area contributed by atoms with Crippen LogP contribution in [0.25, 0.3) is 0 Å². The lowest BCUT2D eigenvalue weighted by Crippen LogP contribution is -2.20. The molecule has 2 nitrogen and oxygen atoms in total. The third kappa shape index (κ3) is 3.33. The fourth-order valence-corrected chi connectivity index (χ4v) is 3.83. The molecule has 2 rings (SSSR count). The average molecular weight is 266 g/mol. The number of hydrogen-bond acceptors (Lipinski definition) is 3. The van der Waals surface area contributed by atoms with Crippen molar-refractivity contribution in [3.05, 3.63) is 16.1 Å². The molecule has 1 aromatic heterocycles. The van der Waals surface area contributed by atoms with Crippen LogP contribution in [0.1, 0.15) is 76.0 Å². The molecule has 18 heavy (non-hydrogen) atoms. The molecule has 0 amide bonds. The van der Waals surface area contributed by atoms with Crippen LogP contribution < -0.4 is 5.32 Å². The second-order valence-corrected chi connectivity index (χ2v) is 7.22. The van der Waals surface area contributed by atoms with E-state index in [1.807, 2.05) is 11.3 Å². The Bertz CT molecular complexity index is 374. The summed E-state index contributed by atoms with van der Waals surface area (Å²) in [6.45, 7) is 10.1. The first-order valence-electron chi connectivity index (χ1n) is 7.20. The van der Waals surface area contributed by atoms with Crippen LogP contribution >= 0.6 is 11.3 Å². The molecule has 1 heterocycles.